The lowest BCUT2D eigenvalue weighted by molar-refractivity contribution is 0.0773. The molecule has 1 unspecified atom stereocenters. The molecule has 0 saturated carbocycles. The number of ether oxygens (including phenoxy) is 1. The molecule has 2 aromatic rings. The third kappa shape index (κ3) is 3.51. The Morgan fingerprint density at radius 2 is 2.15 bits per heavy atom. The van der Waals surface area contributed by atoms with Crippen molar-refractivity contribution < 1.29 is 14.1 Å². The Kier molecular flexibility index (Phi) is 5.01. The number of carbonyl (C=O) groups excluding carboxylic acids is 1. The van der Waals surface area contributed by atoms with Crippen molar-refractivity contribution in [3.63, 3.8) is 0 Å². The molecule has 4 rings (SSSR count). The maximum atomic E-state index is 12.7. The van der Waals surface area contributed by atoms with Crippen LogP contribution in [-0.2, 0) is 17.7 Å². The molecule has 4 heterocycles. The molecule has 2 aliphatic heterocycles. The fraction of sp³-hybridized carbons (Fsp3) is 0.667. The molecule has 8 heteroatoms. The maximum Gasteiger partial charge on any atom is 0.272 e. The summed E-state index contributed by atoms with van der Waals surface area (Å²) in [5.41, 5.74) is 0.662. The van der Waals surface area contributed by atoms with Gasteiger partial charge in [0, 0.05) is 51.4 Å². The van der Waals surface area contributed by atoms with Gasteiger partial charge in [0.2, 0.25) is 5.89 Å². The van der Waals surface area contributed by atoms with Crippen molar-refractivity contribution in [1.82, 2.24) is 24.8 Å². The second kappa shape index (κ2) is 7.57. The van der Waals surface area contributed by atoms with Gasteiger partial charge in [-0.2, -0.15) is 10.1 Å². The molecular formula is C18H25N5O3. The van der Waals surface area contributed by atoms with Crippen molar-refractivity contribution in [2.75, 3.05) is 26.3 Å². The first kappa shape index (κ1) is 17.2. The zero-order chi connectivity index (χ0) is 17.9. The van der Waals surface area contributed by atoms with Crippen LogP contribution < -0.4 is 0 Å². The minimum atomic E-state index is 0.0582. The average Bonchev–Trinajstić information content (AvgIpc) is 3.43. The Labute approximate surface area is 152 Å². The van der Waals surface area contributed by atoms with E-state index in [1.165, 1.54) is 0 Å². The number of hydrogen-bond donors (Lipinski definition) is 0. The van der Waals surface area contributed by atoms with E-state index in [2.05, 4.69) is 15.2 Å². The van der Waals surface area contributed by atoms with Gasteiger partial charge in [-0.25, -0.2) is 0 Å². The molecule has 0 radical (unpaired) electrons. The van der Waals surface area contributed by atoms with E-state index in [-0.39, 0.29) is 5.91 Å². The normalized spacial score (nSPS) is 21.4. The molecule has 0 N–H and O–H groups in total. The lowest BCUT2D eigenvalue weighted by Crippen LogP contribution is -2.30. The molecule has 1 amide bonds. The van der Waals surface area contributed by atoms with Crippen molar-refractivity contribution in [2.45, 2.75) is 45.1 Å². The van der Waals surface area contributed by atoms with E-state index in [0.29, 0.717) is 24.1 Å². The average molecular weight is 359 g/mol. The number of carbonyl (C=O) groups is 1. The van der Waals surface area contributed by atoms with Crippen LogP contribution in [-0.4, -0.2) is 57.0 Å². The second-order valence-electron chi connectivity index (χ2n) is 7.08. The van der Waals surface area contributed by atoms with Gasteiger partial charge >= 0.3 is 0 Å². The van der Waals surface area contributed by atoms with Gasteiger partial charge in [0.05, 0.1) is 0 Å². The molecule has 2 saturated heterocycles. The molecule has 1 atom stereocenters. The first-order chi connectivity index (χ1) is 12.7. The topological polar surface area (TPSA) is 86.3 Å². The van der Waals surface area contributed by atoms with Crippen molar-refractivity contribution in [3.8, 4) is 0 Å². The van der Waals surface area contributed by atoms with E-state index < -0.39 is 0 Å². The highest BCUT2D eigenvalue weighted by molar-refractivity contribution is 5.92. The number of nitrogens with zero attached hydrogens (tertiary/aromatic N) is 5. The summed E-state index contributed by atoms with van der Waals surface area (Å²) in [7, 11) is 0. The van der Waals surface area contributed by atoms with Gasteiger partial charge in [-0.1, -0.05) is 5.16 Å². The Bertz CT molecular complexity index is 750. The van der Waals surface area contributed by atoms with E-state index in [1.54, 1.807) is 16.9 Å². The largest absolute Gasteiger partial charge is 0.381 e. The first-order valence-corrected chi connectivity index (χ1v) is 9.46. The number of aryl methyl sites for hydroxylation is 1. The van der Waals surface area contributed by atoms with E-state index in [0.717, 1.165) is 63.7 Å². The van der Waals surface area contributed by atoms with Crippen LogP contribution in [0.5, 0.6) is 0 Å². The summed E-state index contributed by atoms with van der Waals surface area (Å²) in [6.07, 6.45) is 5.29. The third-order valence-electron chi connectivity index (χ3n) is 5.33. The van der Waals surface area contributed by atoms with Gasteiger partial charge in [-0.3, -0.25) is 9.48 Å². The predicted molar refractivity (Wildman–Crippen MR) is 92.7 cm³/mol. The molecule has 26 heavy (non-hydrogen) atoms. The van der Waals surface area contributed by atoms with Crippen molar-refractivity contribution >= 4 is 5.91 Å². The van der Waals surface area contributed by atoms with Crippen LogP contribution >= 0.6 is 0 Å². The number of rotatable bonds is 5. The molecule has 0 aromatic carbocycles. The van der Waals surface area contributed by atoms with Gasteiger partial charge in [0.25, 0.3) is 5.91 Å². The molecule has 2 aromatic heterocycles. The highest BCUT2D eigenvalue weighted by atomic mass is 16.5. The fourth-order valence-electron chi connectivity index (χ4n) is 3.83. The van der Waals surface area contributed by atoms with Crippen LogP contribution in [0.2, 0.25) is 0 Å². The van der Waals surface area contributed by atoms with Crippen LogP contribution in [0.4, 0.5) is 0 Å². The number of hydrogen-bond acceptors (Lipinski definition) is 6. The molecule has 2 aliphatic rings. The molecular weight excluding hydrogens is 334 g/mol. The van der Waals surface area contributed by atoms with Crippen LogP contribution in [0, 0.1) is 5.92 Å². The Morgan fingerprint density at radius 3 is 2.96 bits per heavy atom. The van der Waals surface area contributed by atoms with Crippen LogP contribution in [0.15, 0.2) is 16.8 Å². The smallest absolute Gasteiger partial charge is 0.272 e. The van der Waals surface area contributed by atoms with Crippen molar-refractivity contribution in [1.29, 1.82) is 0 Å². The third-order valence-corrected chi connectivity index (χ3v) is 5.33. The Balaban J connectivity index is 1.34. The van der Waals surface area contributed by atoms with Gasteiger partial charge in [0.1, 0.15) is 5.69 Å². The number of likely N-dealkylation sites (tertiary alicyclic amines) is 1. The van der Waals surface area contributed by atoms with Crippen LogP contribution in [0.3, 0.4) is 0 Å². The van der Waals surface area contributed by atoms with Gasteiger partial charge in [-0.15, -0.1) is 0 Å². The summed E-state index contributed by atoms with van der Waals surface area (Å²) in [5.74, 6) is 2.24. The Hall–Kier alpha value is -2.22. The van der Waals surface area contributed by atoms with E-state index in [9.17, 15) is 4.79 Å². The van der Waals surface area contributed by atoms with Gasteiger partial charge < -0.3 is 14.2 Å². The van der Waals surface area contributed by atoms with E-state index >= 15 is 0 Å². The highest BCUT2D eigenvalue weighted by Crippen LogP contribution is 2.27. The van der Waals surface area contributed by atoms with E-state index in [1.807, 2.05) is 11.8 Å². The highest BCUT2D eigenvalue weighted by Gasteiger charge is 2.30. The summed E-state index contributed by atoms with van der Waals surface area (Å²) in [6.45, 7) is 5.71. The number of amides is 1. The lowest BCUT2D eigenvalue weighted by Gasteiger charge is -2.18. The minimum Gasteiger partial charge on any atom is -0.381 e. The van der Waals surface area contributed by atoms with Crippen molar-refractivity contribution in [2.24, 2.45) is 5.92 Å². The quantitative estimate of drug-likeness (QED) is 0.810. The van der Waals surface area contributed by atoms with Crippen molar-refractivity contribution in [3.05, 3.63) is 29.7 Å². The summed E-state index contributed by atoms with van der Waals surface area (Å²) in [6, 6.07) is 1.79. The maximum absolute atomic E-state index is 12.7. The first-order valence-electron chi connectivity index (χ1n) is 9.46. The Morgan fingerprint density at radius 1 is 1.31 bits per heavy atom. The zero-order valence-corrected chi connectivity index (χ0v) is 15.1. The second-order valence-corrected chi connectivity index (χ2v) is 7.08. The summed E-state index contributed by atoms with van der Waals surface area (Å²) in [4.78, 5) is 19.2. The fourth-order valence-corrected chi connectivity index (χ4v) is 3.83. The molecule has 0 bridgehead atoms. The predicted octanol–water partition coefficient (Wildman–Crippen LogP) is 1.88. The van der Waals surface area contributed by atoms with E-state index in [4.69, 9.17) is 9.26 Å². The summed E-state index contributed by atoms with van der Waals surface area (Å²) >= 11 is 0. The molecule has 0 aliphatic carbocycles. The summed E-state index contributed by atoms with van der Waals surface area (Å²) in [5, 5.41) is 8.35. The minimum absolute atomic E-state index is 0.0582. The standard InChI is InChI=1S/C18H25N5O3/c1-2-23-15(3-7-19-23)18(24)22-8-4-13(12-22)11-16-20-17(26-21-16)14-5-9-25-10-6-14/h3,7,13-14H,2,4-6,8-12H2,1H3. The molecule has 0 spiro atoms. The van der Waals surface area contributed by atoms with Crippen LogP contribution in [0.25, 0.3) is 0 Å². The monoisotopic (exact) mass is 359 g/mol. The lowest BCUT2D eigenvalue weighted by atomic mass is 10.0. The number of aromatic nitrogens is 4. The molecule has 2 fully saturated rings. The SMILES string of the molecule is CCn1nccc1C(=O)N1CCC(Cc2noc(C3CCOCC3)n2)C1. The van der Waals surface area contributed by atoms with Gasteiger partial charge in [-0.05, 0) is 38.2 Å². The summed E-state index contributed by atoms with van der Waals surface area (Å²) < 4.78 is 12.6. The molecule has 140 valence electrons. The van der Waals surface area contributed by atoms with Crippen LogP contribution in [0.1, 0.15) is 54.3 Å². The molecule has 8 nitrogen and oxygen atoms in total. The zero-order valence-electron chi connectivity index (χ0n) is 15.1. The van der Waals surface area contributed by atoms with Gasteiger partial charge in [0.15, 0.2) is 5.82 Å².